The average molecular weight is 256 g/mol. The van der Waals surface area contributed by atoms with Crippen LogP contribution in [0.3, 0.4) is 0 Å². The molecule has 2 aromatic heterocycles. The Hall–Kier alpha value is -2.47. The van der Waals surface area contributed by atoms with E-state index in [1.54, 1.807) is 12.4 Å². The molecule has 0 unspecified atom stereocenters. The number of anilines is 1. The van der Waals surface area contributed by atoms with Crippen molar-refractivity contribution in [1.82, 2.24) is 15.0 Å². The molecule has 2 N–H and O–H groups in total. The van der Waals surface area contributed by atoms with Crippen molar-refractivity contribution < 1.29 is 9.52 Å². The van der Waals surface area contributed by atoms with Gasteiger partial charge in [0.15, 0.2) is 12.0 Å². The van der Waals surface area contributed by atoms with Crippen LogP contribution >= 0.6 is 0 Å². The van der Waals surface area contributed by atoms with Gasteiger partial charge in [0.1, 0.15) is 5.52 Å². The normalized spacial score (nSPS) is 10.8. The molecule has 0 radical (unpaired) electrons. The molecule has 96 valence electrons. The molecule has 3 rings (SSSR count). The maximum absolute atomic E-state index is 8.71. The molecule has 0 saturated heterocycles. The molecule has 6 heteroatoms. The summed E-state index contributed by atoms with van der Waals surface area (Å²) in [6.45, 7) is 0.483. The Morgan fingerprint density at radius 1 is 1.11 bits per heavy atom. The zero-order valence-electron chi connectivity index (χ0n) is 10.1. The monoisotopic (exact) mass is 256 g/mol. The van der Waals surface area contributed by atoms with Crippen LogP contribution in [0.4, 0.5) is 5.95 Å². The highest BCUT2D eigenvalue weighted by atomic mass is 16.3. The van der Waals surface area contributed by atoms with Gasteiger partial charge < -0.3 is 14.8 Å². The van der Waals surface area contributed by atoms with Gasteiger partial charge in [-0.3, -0.25) is 0 Å². The number of nitrogens with zero attached hydrogens (tertiary/aromatic N) is 3. The lowest BCUT2D eigenvalue weighted by molar-refractivity contribution is 0.311. The molecule has 2 heterocycles. The Morgan fingerprint density at radius 2 is 1.95 bits per heavy atom. The van der Waals surface area contributed by atoms with E-state index in [-0.39, 0.29) is 6.61 Å². The quantitative estimate of drug-likeness (QED) is 0.739. The van der Waals surface area contributed by atoms with E-state index in [1.807, 2.05) is 18.2 Å². The smallest absolute Gasteiger partial charge is 0.222 e. The van der Waals surface area contributed by atoms with Gasteiger partial charge in [-0.15, -0.1) is 0 Å². The number of hydrogen-bond acceptors (Lipinski definition) is 6. The van der Waals surface area contributed by atoms with Crippen molar-refractivity contribution in [2.24, 2.45) is 0 Å². The van der Waals surface area contributed by atoms with Crippen LogP contribution in [-0.2, 0) is 0 Å². The summed E-state index contributed by atoms with van der Waals surface area (Å²) in [7, 11) is 0. The third-order valence-corrected chi connectivity index (χ3v) is 2.71. The summed E-state index contributed by atoms with van der Waals surface area (Å²) in [6, 6.07) is 5.75. The maximum Gasteiger partial charge on any atom is 0.222 e. The maximum atomic E-state index is 8.71. The highest BCUT2D eigenvalue weighted by Gasteiger charge is 2.04. The zero-order chi connectivity index (χ0) is 13.1. The lowest BCUT2D eigenvalue weighted by Gasteiger charge is -2.04. The molecule has 19 heavy (non-hydrogen) atoms. The minimum atomic E-state index is 0.0489. The SMILES string of the molecule is OCCNc1ncc(-c2ccc3ncoc3c2)cn1. The molecule has 6 nitrogen and oxygen atoms in total. The number of oxazole rings is 1. The summed E-state index contributed by atoms with van der Waals surface area (Å²) in [5.41, 5.74) is 3.43. The second-order valence-corrected chi connectivity index (χ2v) is 3.98. The van der Waals surface area contributed by atoms with Crippen molar-refractivity contribution >= 4 is 17.0 Å². The standard InChI is InChI=1S/C13H12N4O2/c18-4-3-14-13-15-6-10(7-16-13)9-1-2-11-12(5-9)19-8-17-11/h1-2,5-8,18H,3-4H2,(H,14,15,16). The van der Waals surface area contributed by atoms with E-state index >= 15 is 0 Å². The molecule has 1 aromatic carbocycles. The van der Waals surface area contributed by atoms with Gasteiger partial charge in [-0.2, -0.15) is 0 Å². The number of aliphatic hydroxyl groups excluding tert-OH is 1. The minimum Gasteiger partial charge on any atom is -0.443 e. The van der Waals surface area contributed by atoms with Crippen LogP contribution in [0.25, 0.3) is 22.2 Å². The molecule has 3 aromatic rings. The second-order valence-electron chi connectivity index (χ2n) is 3.98. The second kappa shape index (κ2) is 5.03. The molecular formula is C13H12N4O2. The van der Waals surface area contributed by atoms with Gasteiger partial charge in [0, 0.05) is 24.5 Å². The van der Waals surface area contributed by atoms with Crippen molar-refractivity contribution in [1.29, 1.82) is 0 Å². The minimum absolute atomic E-state index is 0.0489. The van der Waals surface area contributed by atoms with Crippen molar-refractivity contribution in [2.75, 3.05) is 18.5 Å². The van der Waals surface area contributed by atoms with E-state index in [2.05, 4.69) is 20.3 Å². The van der Waals surface area contributed by atoms with Gasteiger partial charge >= 0.3 is 0 Å². The van der Waals surface area contributed by atoms with Gasteiger partial charge in [0.05, 0.1) is 6.61 Å². The van der Waals surface area contributed by atoms with Crippen LogP contribution in [0.1, 0.15) is 0 Å². The Kier molecular flexibility index (Phi) is 3.07. The number of aliphatic hydroxyl groups is 1. The van der Waals surface area contributed by atoms with E-state index in [9.17, 15) is 0 Å². The first-order chi connectivity index (χ1) is 9.36. The molecule has 0 aliphatic carbocycles. The molecule has 0 amide bonds. The Bertz CT molecular complexity index is 678. The summed E-state index contributed by atoms with van der Waals surface area (Å²) in [5, 5.41) is 11.6. The van der Waals surface area contributed by atoms with E-state index in [4.69, 9.17) is 9.52 Å². The summed E-state index contributed by atoms with van der Waals surface area (Å²) in [5.74, 6) is 0.499. The number of benzene rings is 1. The molecule has 0 spiro atoms. The number of fused-ring (bicyclic) bond motifs is 1. The fraction of sp³-hybridized carbons (Fsp3) is 0.154. The number of hydrogen-bond donors (Lipinski definition) is 2. The van der Waals surface area contributed by atoms with E-state index in [0.717, 1.165) is 22.2 Å². The molecule has 0 fully saturated rings. The van der Waals surface area contributed by atoms with Crippen molar-refractivity contribution in [2.45, 2.75) is 0 Å². The van der Waals surface area contributed by atoms with Crippen LogP contribution in [0.5, 0.6) is 0 Å². The van der Waals surface area contributed by atoms with Crippen LogP contribution in [0.2, 0.25) is 0 Å². The first-order valence-electron chi connectivity index (χ1n) is 5.87. The number of rotatable bonds is 4. The summed E-state index contributed by atoms with van der Waals surface area (Å²) in [6.07, 6.45) is 4.88. The van der Waals surface area contributed by atoms with Crippen LogP contribution < -0.4 is 5.32 Å². The number of nitrogens with one attached hydrogen (secondary N) is 1. The van der Waals surface area contributed by atoms with Gasteiger partial charge in [0.2, 0.25) is 5.95 Å². The Balaban J connectivity index is 1.88. The van der Waals surface area contributed by atoms with Gasteiger partial charge in [-0.25, -0.2) is 15.0 Å². The van der Waals surface area contributed by atoms with E-state index in [1.165, 1.54) is 6.39 Å². The summed E-state index contributed by atoms with van der Waals surface area (Å²) >= 11 is 0. The third kappa shape index (κ3) is 2.38. The van der Waals surface area contributed by atoms with Gasteiger partial charge in [-0.05, 0) is 17.7 Å². The number of aromatic nitrogens is 3. The van der Waals surface area contributed by atoms with Crippen molar-refractivity contribution in [3.63, 3.8) is 0 Å². The lowest BCUT2D eigenvalue weighted by Crippen LogP contribution is -2.08. The average Bonchev–Trinajstić information content (AvgIpc) is 2.93. The first-order valence-corrected chi connectivity index (χ1v) is 5.87. The fourth-order valence-electron chi connectivity index (χ4n) is 1.77. The van der Waals surface area contributed by atoms with Gasteiger partial charge in [-0.1, -0.05) is 6.07 Å². The Morgan fingerprint density at radius 3 is 2.74 bits per heavy atom. The molecule has 0 aliphatic rings. The third-order valence-electron chi connectivity index (χ3n) is 2.71. The largest absolute Gasteiger partial charge is 0.443 e. The van der Waals surface area contributed by atoms with E-state index in [0.29, 0.717) is 12.5 Å². The predicted octanol–water partition coefficient (Wildman–Crippen LogP) is 1.69. The lowest BCUT2D eigenvalue weighted by atomic mass is 10.1. The van der Waals surface area contributed by atoms with Crippen LogP contribution in [0.15, 0.2) is 41.4 Å². The van der Waals surface area contributed by atoms with Crippen LogP contribution in [0, 0.1) is 0 Å². The molecule has 0 aliphatic heterocycles. The molecule has 0 atom stereocenters. The Labute approximate surface area is 109 Å². The molecular weight excluding hydrogens is 244 g/mol. The highest BCUT2D eigenvalue weighted by Crippen LogP contribution is 2.23. The van der Waals surface area contributed by atoms with E-state index < -0.39 is 0 Å². The first kappa shape index (κ1) is 11.6. The zero-order valence-corrected chi connectivity index (χ0v) is 10.1. The van der Waals surface area contributed by atoms with Crippen molar-refractivity contribution in [3.8, 4) is 11.1 Å². The summed E-state index contributed by atoms with van der Waals surface area (Å²) in [4.78, 5) is 12.4. The topological polar surface area (TPSA) is 84.1 Å². The molecule has 0 saturated carbocycles. The summed E-state index contributed by atoms with van der Waals surface area (Å²) < 4.78 is 5.26. The fourth-order valence-corrected chi connectivity index (χ4v) is 1.77. The van der Waals surface area contributed by atoms with Gasteiger partial charge in [0.25, 0.3) is 0 Å². The van der Waals surface area contributed by atoms with Crippen molar-refractivity contribution in [3.05, 3.63) is 37.0 Å². The highest BCUT2D eigenvalue weighted by molar-refractivity contribution is 5.79. The predicted molar refractivity (Wildman–Crippen MR) is 70.6 cm³/mol. The molecule has 0 bridgehead atoms. The van der Waals surface area contributed by atoms with Crippen LogP contribution in [-0.4, -0.2) is 33.2 Å².